The summed E-state index contributed by atoms with van der Waals surface area (Å²) in [6.07, 6.45) is 4.24. The van der Waals surface area contributed by atoms with Crippen LogP contribution in [0, 0.1) is 0 Å². The number of methoxy groups -OCH3 is 1. The average Bonchev–Trinajstić information content (AvgIpc) is 2.47. The highest BCUT2D eigenvalue weighted by molar-refractivity contribution is 5.96. The predicted octanol–water partition coefficient (Wildman–Crippen LogP) is 3.01. The van der Waals surface area contributed by atoms with Crippen LogP contribution in [-0.2, 0) is 9.53 Å². The van der Waals surface area contributed by atoms with E-state index in [1.54, 1.807) is 32.4 Å². The second-order valence-electron chi connectivity index (χ2n) is 4.81. The number of rotatable bonds is 8. The summed E-state index contributed by atoms with van der Waals surface area (Å²) in [4.78, 5) is 16.4. The average molecular weight is 280 g/mol. The number of unbranched alkanes of at least 4 members (excludes halogenated alkanes) is 1. The van der Waals surface area contributed by atoms with Crippen LogP contribution >= 0.6 is 0 Å². The number of aromatic nitrogens is 1. The topological polar surface area (TPSA) is 60.5 Å². The number of carbonyl (C=O) groups excluding carboxylic acids is 1. The Bertz CT molecular complexity index is 420. The van der Waals surface area contributed by atoms with Gasteiger partial charge in [-0.1, -0.05) is 19.8 Å². The van der Waals surface area contributed by atoms with Crippen molar-refractivity contribution in [2.75, 3.05) is 19.0 Å². The molecular weight excluding hydrogens is 256 g/mol. The van der Waals surface area contributed by atoms with Crippen molar-refractivity contribution < 1.29 is 14.3 Å². The van der Waals surface area contributed by atoms with E-state index in [2.05, 4.69) is 17.2 Å². The number of nitrogens with zero attached hydrogens (tertiary/aromatic N) is 1. The predicted molar refractivity (Wildman–Crippen MR) is 79.0 cm³/mol. The van der Waals surface area contributed by atoms with E-state index in [1.807, 2.05) is 6.92 Å². The maximum atomic E-state index is 12.3. The Morgan fingerprint density at radius 1 is 1.40 bits per heavy atom. The van der Waals surface area contributed by atoms with Crippen molar-refractivity contribution in [3.63, 3.8) is 0 Å². The van der Waals surface area contributed by atoms with Crippen molar-refractivity contribution in [2.45, 2.75) is 45.6 Å². The maximum Gasteiger partial charge on any atom is 0.256 e. The van der Waals surface area contributed by atoms with Crippen LogP contribution in [-0.4, -0.2) is 30.2 Å². The molecule has 0 saturated carbocycles. The molecule has 0 fully saturated rings. The van der Waals surface area contributed by atoms with Crippen LogP contribution in [0.4, 0.5) is 5.69 Å². The molecule has 1 aromatic rings. The lowest BCUT2D eigenvalue weighted by Gasteiger charge is -2.26. The molecule has 1 atom stereocenters. The first-order valence-electron chi connectivity index (χ1n) is 7.01. The fourth-order valence-electron chi connectivity index (χ4n) is 1.77. The van der Waals surface area contributed by atoms with Crippen molar-refractivity contribution in [1.82, 2.24) is 4.98 Å². The first-order valence-corrected chi connectivity index (χ1v) is 7.01. The van der Waals surface area contributed by atoms with E-state index >= 15 is 0 Å². The molecule has 0 spiro atoms. The van der Waals surface area contributed by atoms with E-state index in [1.165, 1.54) is 0 Å². The summed E-state index contributed by atoms with van der Waals surface area (Å²) in [6, 6.07) is 3.50. The fraction of sp³-hybridized carbons (Fsp3) is 0.600. The van der Waals surface area contributed by atoms with Crippen LogP contribution in [0.1, 0.15) is 40.0 Å². The van der Waals surface area contributed by atoms with Crippen molar-refractivity contribution in [2.24, 2.45) is 0 Å². The lowest BCUT2D eigenvalue weighted by Crippen LogP contribution is -2.41. The molecule has 0 aliphatic carbocycles. The minimum absolute atomic E-state index is 0.153. The molecule has 112 valence electrons. The summed E-state index contributed by atoms with van der Waals surface area (Å²) >= 11 is 0. The quantitative estimate of drug-likeness (QED) is 0.795. The molecule has 0 radical (unpaired) electrons. The zero-order chi connectivity index (χ0) is 15.0. The van der Waals surface area contributed by atoms with Gasteiger partial charge in [0, 0.05) is 13.2 Å². The highest BCUT2D eigenvalue weighted by Crippen LogP contribution is 2.21. The fourth-order valence-corrected chi connectivity index (χ4v) is 1.77. The van der Waals surface area contributed by atoms with Gasteiger partial charge in [0.2, 0.25) is 5.88 Å². The number of anilines is 1. The lowest BCUT2D eigenvalue weighted by atomic mass is 9.97. The van der Waals surface area contributed by atoms with Gasteiger partial charge < -0.3 is 14.8 Å². The summed E-state index contributed by atoms with van der Waals surface area (Å²) in [5.74, 6) is 0.394. The highest BCUT2D eigenvalue weighted by atomic mass is 16.5. The summed E-state index contributed by atoms with van der Waals surface area (Å²) in [5.41, 5.74) is -0.174. The third-order valence-electron chi connectivity index (χ3n) is 3.22. The molecule has 0 aliphatic heterocycles. The molecule has 0 bridgehead atoms. The van der Waals surface area contributed by atoms with Gasteiger partial charge >= 0.3 is 0 Å². The summed E-state index contributed by atoms with van der Waals surface area (Å²) in [6.45, 7) is 6.36. The maximum absolute atomic E-state index is 12.3. The first-order chi connectivity index (χ1) is 9.55. The number of hydrogen-bond acceptors (Lipinski definition) is 4. The zero-order valence-corrected chi connectivity index (χ0v) is 12.7. The molecule has 1 rings (SSSR count). The Morgan fingerprint density at radius 3 is 2.65 bits per heavy atom. The number of nitrogens with one attached hydrogen (secondary N) is 1. The Hall–Kier alpha value is -1.62. The van der Waals surface area contributed by atoms with Gasteiger partial charge in [-0.25, -0.2) is 4.98 Å². The Labute approximate surface area is 120 Å². The summed E-state index contributed by atoms with van der Waals surface area (Å²) < 4.78 is 10.6. The molecule has 20 heavy (non-hydrogen) atoms. The second-order valence-corrected chi connectivity index (χ2v) is 4.81. The van der Waals surface area contributed by atoms with Gasteiger partial charge in [0.05, 0.1) is 18.5 Å². The zero-order valence-electron chi connectivity index (χ0n) is 12.7. The van der Waals surface area contributed by atoms with Gasteiger partial charge in [-0.15, -0.1) is 0 Å². The first kappa shape index (κ1) is 16.4. The molecule has 5 nitrogen and oxygen atoms in total. The van der Waals surface area contributed by atoms with Crippen LogP contribution in [0.25, 0.3) is 0 Å². The van der Waals surface area contributed by atoms with E-state index in [0.717, 1.165) is 12.8 Å². The molecular formula is C15H24N2O3. The highest BCUT2D eigenvalue weighted by Gasteiger charge is 2.32. The summed E-state index contributed by atoms with van der Waals surface area (Å²) in [7, 11) is 1.56. The standard InChI is InChI=1S/C15H24N2O3/c1-5-7-10-15(3,19-4)14(18)17-12-8-9-13(16-11-12)20-6-2/h8-9,11H,5-7,10H2,1-4H3,(H,17,18). The van der Waals surface area contributed by atoms with Crippen LogP contribution in [0.3, 0.4) is 0 Å². The minimum atomic E-state index is -0.811. The molecule has 1 unspecified atom stereocenters. The SMILES string of the molecule is CCCCC(C)(OC)C(=O)Nc1ccc(OCC)nc1. The number of carbonyl (C=O) groups is 1. The van der Waals surface area contributed by atoms with E-state index in [0.29, 0.717) is 24.6 Å². The third kappa shape index (κ3) is 4.49. The molecule has 5 heteroatoms. The molecule has 0 aliphatic rings. The molecule has 1 aromatic heterocycles. The van der Waals surface area contributed by atoms with E-state index in [-0.39, 0.29) is 5.91 Å². The van der Waals surface area contributed by atoms with Crippen molar-refractivity contribution in [3.05, 3.63) is 18.3 Å². The monoisotopic (exact) mass is 280 g/mol. The number of ether oxygens (including phenoxy) is 2. The second kappa shape index (κ2) is 7.85. The number of amides is 1. The molecule has 0 saturated heterocycles. The Morgan fingerprint density at radius 2 is 2.15 bits per heavy atom. The van der Waals surface area contributed by atoms with E-state index in [9.17, 15) is 4.79 Å². The van der Waals surface area contributed by atoms with E-state index in [4.69, 9.17) is 9.47 Å². The number of hydrogen-bond donors (Lipinski definition) is 1. The number of pyridine rings is 1. The Kier molecular flexibility index (Phi) is 6.45. The van der Waals surface area contributed by atoms with Gasteiger partial charge in [-0.2, -0.15) is 0 Å². The lowest BCUT2D eigenvalue weighted by molar-refractivity contribution is -0.136. The largest absolute Gasteiger partial charge is 0.478 e. The minimum Gasteiger partial charge on any atom is -0.478 e. The van der Waals surface area contributed by atoms with Crippen molar-refractivity contribution >= 4 is 11.6 Å². The van der Waals surface area contributed by atoms with Crippen molar-refractivity contribution in [1.29, 1.82) is 0 Å². The van der Waals surface area contributed by atoms with Crippen LogP contribution in [0.2, 0.25) is 0 Å². The van der Waals surface area contributed by atoms with Crippen LogP contribution in [0.5, 0.6) is 5.88 Å². The molecule has 1 amide bonds. The van der Waals surface area contributed by atoms with Gasteiger partial charge in [0.1, 0.15) is 5.60 Å². The van der Waals surface area contributed by atoms with Crippen molar-refractivity contribution in [3.8, 4) is 5.88 Å². The Balaban J connectivity index is 2.68. The van der Waals surface area contributed by atoms with Crippen LogP contribution in [0.15, 0.2) is 18.3 Å². The van der Waals surface area contributed by atoms with Gasteiger partial charge in [-0.05, 0) is 26.3 Å². The van der Waals surface area contributed by atoms with Gasteiger partial charge in [-0.3, -0.25) is 4.79 Å². The van der Waals surface area contributed by atoms with Gasteiger partial charge in [0.15, 0.2) is 0 Å². The van der Waals surface area contributed by atoms with E-state index < -0.39 is 5.60 Å². The smallest absolute Gasteiger partial charge is 0.256 e. The molecule has 1 heterocycles. The third-order valence-corrected chi connectivity index (χ3v) is 3.22. The normalized spacial score (nSPS) is 13.6. The van der Waals surface area contributed by atoms with Gasteiger partial charge in [0.25, 0.3) is 5.91 Å². The summed E-state index contributed by atoms with van der Waals surface area (Å²) in [5, 5.41) is 2.83. The molecule has 1 N–H and O–H groups in total. The van der Waals surface area contributed by atoms with Crippen LogP contribution < -0.4 is 10.1 Å². The molecule has 0 aromatic carbocycles.